The SMILES string of the molecule is CN(C)[C@@H]1C[C@@H]2CN(C(=O)c3ccns3)C[C@@H]2C[C@H]1OCC1CC1. The number of carbonyl (C=O) groups excluding carboxylic acids is 1. The van der Waals surface area contributed by atoms with Crippen LogP contribution in [0.25, 0.3) is 0 Å². The monoisotopic (exact) mass is 349 g/mol. The van der Waals surface area contributed by atoms with Gasteiger partial charge in [-0.25, -0.2) is 4.37 Å². The van der Waals surface area contributed by atoms with E-state index in [0.29, 0.717) is 24.0 Å². The fraction of sp³-hybridized carbons (Fsp3) is 0.778. The predicted octanol–water partition coefficient (Wildman–Crippen LogP) is 2.35. The van der Waals surface area contributed by atoms with Crippen LogP contribution in [0.2, 0.25) is 0 Å². The van der Waals surface area contributed by atoms with Gasteiger partial charge in [-0.3, -0.25) is 4.79 Å². The van der Waals surface area contributed by atoms with E-state index in [1.807, 2.05) is 11.0 Å². The summed E-state index contributed by atoms with van der Waals surface area (Å²) in [5, 5.41) is 0. The highest BCUT2D eigenvalue weighted by atomic mass is 32.1. The first kappa shape index (κ1) is 16.5. The van der Waals surface area contributed by atoms with Gasteiger partial charge < -0.3 is 14.5 Å². The van der Waals surface area contributed by atoms with Crippen LogP contribution in [-0.2, 0) is 4.74 Å². The molecule has 1 saturated heterocycles. The van der Waals surface area contributed by atoms with E-state index < -0.39 is 0 Å². The highest BCUT2D eigenvalue weighted by Crippen LogP contribution is 2.40. The van der Waals surface area contributed by atoms with Crippen molar-refractivity contribution in [3.05, 3.63) is 17.1 Å². The van der Waals surface area contributed by atoms with Gasteiger partial charge in [0.15, 0.2) is 0 Å². The second-order valence-electron chi connectivity index (χ2n) is 7.92. The Morgan fingerprint density at radius 1 is 1.33 bits per heavy atom. The lowest BCUT2D eigenvalue weighted by Crippen LogP contribution is -2.48. The fourth-order valence-electron chi connectivity index (χ4n) is 4.30. The summed E-state index contributed by atoms with van der Waals surface area (Å²) in [5.41, 5.74) is 0. The first-order valence-corrected chi connectivity index (χ1v) is 9.87. The average molecular weight is 350 g/mol. The molecule has 0 radical (unpaired) electrons. The zero-order valence-electron chi connectivity index (χ0n) is 14.6. The van der Waals surface area contributed by atoms with E-state index in [1.165, 1.54) is 24.4 Å². The normalized spacial score (nSPS) is 33.0. The molecule has 0 spiro atoms. The zero-order chi connectivity index (χ0) is 16.7. The molecule has 2 heterocycles. The summed E-state index contributed by atoms with van der Waals surface area (Å²) in [6, 6.07) is 2.31. The summed E-state index contributed by atoms with van der Waals surface area (Å²) in [4.78, 5) is 17.8. The van der Waals surface area contributed by atoms with E-state index in [2.05, 4.69) is 23.4 Å². The first-order valence-electron chi connectivity index (χ1n) is 9.09. The van der Waals surface area contributed by atoms with Crippen molar-refractivity contribution in [2.45, 2.75) is 37.8 Å². The van der Waals surface area contributed by atoms with Crippen LogP contribution in [0.15, 0.2) is 12.3 Å². The molecule has 0 unspecified atom stereocenters. The third kappa shape index (κ3) is 3.37. The molecule has 1 aliphatic heterocycles. The molecule has 0 N–H and O–H groups in total. The molecule has 0 bridgehead atoms. The Labute approximate surface area is 148 Å². The highest BCUT2D eigenvalue weighted by Gasteiger charge is 2.45. The first-order chi connectivity index (χ1) is 11.6. The van der Waals surface area contributed by atoms with Crippen molar-refractivity contribution in [1.82, 2.24) is 14.2 Å². The third-order valence-corrected chi connectivity index (χ3v) is 6.66. The van der Waals surface area contributed by atoms with Crippen LogP contribution in [-0.4, -0.2) is 66.0 Å². The van der Waals surface area contributed by atoms with Crippen LogP contribution in [0, 0.1) is 17.8 Å². The van der Waals surface area contributed by atoms with Crippen LogP contribution in [0.1, 0.15) is 35.4 Å². The van der Waals surface area contributed by atoms with Gasteiger partial charge in [-0.1, -0.05) is 0 Å². The van der Waals surface area contributed by atoms with E-state index in [4.69, 9.17) is 4.74 Å². The molecule has 1 amide bonds. The number of amides is 1. The molecular formula is C18H27N3O2S. The Bertz CT molecular complexity index is 573. The largest absolute Gasteiger partial charge is 0.376 e. The van der Waals surface area contributed by atoms with Crippen LogP contribution in [0.5, 0.6) is 0 Å². The summed E-state index contributed by atoms with van der Waals surface area (Å²) in [6.45, 7) is 2.70. The van der Waals surface area contributed by atoms with Crippen molar-refractivity contribution >= 4 is 17.4 Å². The number of hydrogen-bond acceptors (Lipinski definition) is 5. The molecule has 5 nitrogen and oxygen atoms in total. The zero-order valence-corrected chi connectivity index (χ0v) is 15.4. The molecule has 3 fully saturated rings. The van der Waals surface area contributed by atoms with Crippen molar-refractivity contribution in [3.8, 4) is 0 Å². The number of carbonyl (C=O) groups is 1. The van der Waals surface area contributed by atoms with Gasteiger partial charge in [-0.15, -0.1) is 0 Å². The van der Waals surface area contributed by atoms with E-state index in [-0.39, 0.29) is 5.91 Å². The molecule has 6 heteroatoms. The maximum atomic E-state index is 12.6. The molecule has 4 rings (SSSR count). The summed E-state index contributed by atoms with van der Waals surface area (Å²) >= 11 is 1.30. The van der Waals surface area contributed by atoms with Crippen LogP contribution in [0.4, 0.5) is 0 Å². The Kier molecular flexibility index (Phi) is 4.62. The minimum atomic E-state index is 0.156. The van der Waals surface area contributed by atoms with E-state index in [1.54, 1.807) is 6.20 Å². The summed E-state index contributed by atoms with van der Waals surface area (Å²) in [7, 11) is 4.32. The maximum Gasteiger partial charge on any atom is 0.265 e. The molecule has 2 saturated carbocycles. The highest BCUT2D eigenvalue weighted by molar-refractivity contribution is 7.08. The smallest absolute Gasteiger partial charge is 0.265 e. The van der Waals surface area contributed by atoms with Gasteiger partial charge in [0.25, 0.3) is 5.91 Å². The molecule has 1 aromatic rings. The topological polar surface area (TPSA) is 45.7 Å². The quantitative estimate of drug-likeness (QED) is 0.819. The van der Waals surface area contributed by atoms with Crippen LogP contribution >= 0.6 is 11.5 Å². The minimum Gasteiger partial charge on any atom is -0.376 e. The molecule has 1 aromatic heterocycles. The van der Waals surface area contributed by atoms with Gasteiger partial charge in [-0.2, -0.15) is 0 Å². The number of ether oxygens (including phenoxy) is 1. The number of rotatable bonds is 5. The van der Waals surface area contributed by atoms with Gasteiger partial charge in [0, 0.05) is 31.9 Å². The number of hydrogen-bond donors (Lipinski definition) is 0. The standard InChI is InChI=1S/C18H27N3O2S/c1-20(2)15-7-13-9-21(18(22)17-5-6-19-24-17)10-14(13)8-16(15)23-11-12-3-4-12/h5-6,12-16H,3-4,7-11H2,1-2H3/t13-,14+,15-,16-/m1/s1. The second kappa shape index (κ2) is 6.73. The predicted molar refractivity (Wildman–Crippen MR) is 94.2 cm³/mol. The summed E-state index contributed by atoms with van der Waals surface area (Å²) < 4.78 is 10.4. The number of likely N-dealkylation sites (tertiary alicyclic amines) is 1. The van der Waals surface area contributed by atoms with Gasteiger partial charge in [0.1, 0.15) is 4.88 Å². The van der Waals surface area contributed by atoms with Crippen molar-refractivity contribution < 1.29 is 9.53 Å². The van der Waals surface area contributed by atoms with E-state index in [9.17, 15) is 4.79 Å². The number of likely N-dealkylation sites (N-methyl/N-ethyl adjacent to an activating group) is 1. The van der Waals surface area contributed by atoms with Crippen molar-refractivity contribution in [2.24, 2.45) is 17.8 Å². The number of fused-ring (bicyclic) bond motifs is 1. The van der Waals surface area contributed by atoms with Crippen LogP contribution < -0.4 is 0 Å². The Morgan fingerprint density at radius 3 is 2.71 bits per heavy atom. The van der Waals surface area contributed by atoms with Crippen LogP contribution in [0.3, 0.4) is 0 Å². The molecule has 0 aromatic carbocycles. The van der Waals surface area contributed by atoms with Gasteiger partial charge >= 0.3 is 0 Å². The van der Waals surface area contributed by atoms with Crippen molar-refractivity contribution in [2.75, 3.05) is 33.8 Å². The lowest BCUT2D eigenvalue weighted by atomic mass is 9.77. The van der Waals surface area contributed by atoms with E-state index in [0.717, 1.165) is 43.3 Å². The lowest BCUT2D eigenvalue weighted by molar-refractivity contribution is -0.0493. The number of nitrogens with zero attached hydrogens (tertiary/aromatic N) is 3. The summed E-state index contributed by atoms with van der Waals surface area (Å²) in [5.74, 6) is 2.15. The van der Waals surface area contributed by atoms with Gasteiger partial charge in [-0.05, 0) is 75.1 Å². The van der Waals surface area contributed by atoms with Crippen molar-refractivity contribution in [3.63, 3.8) is 0 Å². The lowest BCUT2D eigenvalue weighted by Gasteiger charge is -2.41. The van der Waals surface area contributed by atoms with Gasteiger partial charge in [0.2, 0.25) is 0 Å². The molecule has 3 aliphatic rings. The van der Waals surface area contributed by atoms with Crippen molar-refractivity contribution in [1.29, 1.82) is 0 Å². The third-order valence-electron chi connectivity index (χ3n) is 5.93. The molecule has 4 atom stereocenters. The average Bonchev–Trinajstić information content (AvgIpc) is 3.08. The molecule has 24 heavy (non-hydrogen) atoms. The molecule has 2 aliphatic carbocycles. The fourth-order valence-corrected chi connectivity index (χ4v) is 4.87. The minimum absolute atomic E-state index is 0.156. The Balaban J connectivity index is 1.41. The van der Waals surface area contributed by atoms with E-state index >= 15 is 0 Å². The molecular weight excluding hydrogens is 322 g/mol. The summed E-state index contributed by atoms with van der Waals surface area (Å²) in [6.07, 6.45) is 6.93. The Morgan fingerprint density at radius 2 is 2.08 bits per heavy atom. The number of aromatic nitrogens is 1. The Hall–Kier alpha value is -0.980. The maximum absolute atomic E-state index is 12.6. The van der Waals surface area contributed by atoms with Gasteiger partial charge in [0.05, 0.1) is 6.10 Å². The second-order valence-corrected chi connectivity index (χ2v) is 8.76. The molecule has 132 valence electrons.